The van der Waals surface area contributed by atoms with Crippen LogP contribution in [0.25, 0.3) is 16.9 Å². The van der Waals surface area contributed by atoms with Gasteiger partial charge in [0.25, 0.3) is 0 Å². The van der Waals surface area contributed by atoms with Crippen molar-refractivity contribution in [1.29, 1.82) is 0 Å². The molecular formula is C14H10Cl2N2O. The van der Waals surface area contributed by atoms with E-state index in [1.807, 2.05) is 34.9 Å². The molecule has 3 nitrogen and oxygen atoms in total. The molecule has 0 bridgehead atoms. The van der Waals surface area contributed by atoms with Gasteiger partial charge in [0.2, 0.25) is 0 Å². The summed E-state index contributed by atoms with van der Waals surface area (Å²) in [7, 11) is 0. The average Bonchev–Trinajstić information content (AvgIpc) is 2.80. The van der Waals surface area contributed by atoms with Gasteiger partial charge in [-0.1, -0.05) is 35.3 Å². The lowest BCUT2D eigenvalue weighted by Gasteiger charge is -2.03. The molecule has 0 atom stereocenters. The standard InChI is InChI=1S/C14H10Cl2N2O/c15-10-5-4-9(7-11(10)16)14-12(8-19)18-6-2-1-3-13(18)17-14/h1-7,19H,8H2. The van der Waals surface area contributed by atoms with E-state index >= 15 is 0 Å². The van der Waals surface area contributed by atoms with Gasteiger partial charge in [-0.2, -0.15) is 0 Å². The largest absolute Gasteiger partial charge is 0.390 e. The molecule has 5 heteroatoms. The number of aliphatic hydroxyl groups excluding tert-OH is 1. The zero-order chi connectivity index (χ0) is 13.4. The third-order valence-corrected chi connectivity index (χ3v) is 3.71. The fourth-order valence-corrected chi connectivity index (χ4v) is 2.37. The summed E-state index contributed by atoms with van der Waals surface area (Å²) in [5.74, 6) is 0. The second-order valence-electron chi connectivity index (χ2n) is 4.12. The summed E-state index contributed by atoms with van der Waals surface area (Å²) in [5, 5.41) is 10.5. The lowest BCUT2D eigenvalue weighted by atomic mass is 10.1. The molecule has 2 aromatic heterocycles. The zero-order valence-corrected chi connectivity index (χ0v) is 11.4. The van der Waals surface area contributed by atoms with Crippen LogP contribution in [0.4, 0.5) is 0 Å². The van der Waals surface area contributed by atoms with Gasteiger partial charge < -0.3 is 9.51 Å². The van der Waals surface area contributed by atoms with Gasteiger partial charge in [0.15, 0.2) is 0 Å². The summed E-state index contributed by atoms with van der Waals surface area (Å²) < 4.78 is 1.86. The second-order valence-corrected chi connectivity index (χ2v) is 4.94. The lowest BCUT2D eigenvalue weighted by molar-refractivity contribution is 0.276. The molecule has 96 valence electrons. The van der Waals surface area contributed by atoms with Crippen LogP contribution < -0.4 is 0 Å². The SMILES string of the molecule is OCc1c(-c2ccc(Cl)c(Cl)c2)nc2ccccn12. The topological polar surface area (TPSA) is 37.5 Å². The lowest BCUT2D eigenvalue weighted by Crippen LogP contribution is -1.93. The fourth-order valence-electron chi connectivity index (χ4n) is 2.07. The number of rotatable bonds is 2. The first-order chi connectivity index (χ1) is 9.20. The summed E-state index contributed by atoms with van der Waals surface area (Å²) in [6.45, 7) is -0.0965. The molecule has 0 amide bonds. The maximum Gasteiger partial charge on any atom is 0.137 e. The molecular weight excluding hydrogens is 283 g/mol. The van der Waals surface area contributed by atoms with Crippen molar-refractivity contribution in [3.63, 3.8) is 0 Å². The van der Waals surface area contributed by atoms with Crippen LogP contribution in [0.15, 0.2) is 42.6 Å². The van der Waals surface area contributed by atoms with E-state index in [1.54, 1.807) is 12.1 Å². The molecule has 3 rings (SSSR count). The predicted octanol–water partition coefficient (Wildman–Crippen LogP) is 3.80. The predicted molar refractivity (Wildman–Crippen MR) is 76.6 cm³/mol. The van der Waals surface area contributed by atoms with Gasteiger partial charge >= 0.3 is 0 Å². The van der Waals surface area contributed by atoms with Gasteiger partial charge in [0.05, 0.1) is 28.0 Å². The minimum Gasteiger partial charge on any atom is -0.390 e. The summed E-state index contributed by atoms with van der Waals surface area (Å²) in [6.07, 6.45) is 1.87. The minimum atomic E-state index is -0.0965. The van der Waals surface area contributed by atoms with Gasteiger partial charge in [-0.3, -0.25) is 0 Å². The molecule has 0 radical (unpaired) electrons. The van der Waals surface area contributed by atoms with Crippen molar-refractivity contribution in [3.05, 3.63) is 58.3 Å². The van der Waals surface area contributed by atoms with E-state index in [0.29, 0.717) is 15.7 Å². The summed E-state index contributed by atoms with van der Waals surface area (Å²) in [6, 6.07) is 11.0. The second kappa shape index (κ2) is 4.85. The summed E-state index contributed by atoms with van der Waals surface area (Å²) >= 11 is 11.9. The van der Waals surface area contributed by atoms with E-state index < -0.39 is 0 Å². The molecule has 3 aromatic rings. The third-order valence-electron chi connectivity index (χ3n) is 2.97. The molecule has 1 N–H and O–H groups in total. The van der Waals surface area contributed by atoms with Crippen LogP contribution in [0.5, 0.6) is 0 Å². The Balaban J connectivity index is 2.26. The highest BCUT2D eigenvalue weighted by Gasteiger charge is 2.13. The van der Waals surface area contributed by atoms with Crippen molar-refractivity contribution >= 4 is 28.8 Å². The average molecular weight is 293 g/mol. The third kappa shape index (κ3) is 2.10. The fraction of sp³-hybridized carbons (Fsp3) is 0.0714. The Hall–Kier alpha value is -1.55. The number of pyridine rings is 1. The van der Waals surface area contributed by atoms with Crippen molar-refractivity contribution in [2.45, 2.75) is 6.61 Å². The summed E-state index contributed by atoms with van der Waals surface area (Å²) in [4.78, 5) is 4.53. The molecule has 1 aromatic carbocycles. The Morgan fingerprint density at radius 3 is 2.68 bits per heavy atom. The Bertz CT molecular complexity index is 752. The van der Waals surface area contributed by atoms with Crippen LogP contribution in [0.2, 0.25) is 10.0 Å². The number of halogens is 2. The molecule has 19 heavy (non-hydrogen) atoms. The van der Waals surface area contributed by atoms with Crippen molar-refractivity contribution in [1.82, 2.24) is 9.38 Å². The first kappa shape index (κ1) is 12.5. The molecule has 0 fully saturated rings. The highest BCUT2D eigenvalue weighted by molar-refractivity contribution is 6.42. The van der Waals surface area contributed by atoms with E-state index in [2.05, 4.69) is 4.98 Å². The van der Waals surface area contributed by atoms with Gasteiger partial charge in [0, 0.05) is 11.8 Å². The number of nitrogens with zero attached hydrogens (tertiary/aromatic N) is 2. The van der Waals surface area contributed by atoms with Crippen LogP contribution in [-0.2, 0) is 6.61 Å². The van der Waals surface area contributed by atoms with Crippen molar-refractivity contribution in [2.24, 2.45) is 0 Å². The number of imidazole rings is 1. The molecule has 0 aliphatic heterocycles. The monoisotopic (exact) mass is 292 g/mol. The number of hydrogen-bond donors (Lipinski definition) is 1. The molecule has 0 unspecified atom stereocenters. The molecule has 0 saturated carbocycles. The van der Waals surface area contributed by atoms with Gasteiger partial charge in [-0.25, -0.2) is 4.98 Å². The van der Waals surface area contributed by atoms with Crippen LogP contribution >= 0.6 is 23.2 Å². The van der Waals surface area contributed by atoms with Crippen LogP contribution in [0.1, 0.15) is 5.69 Å². The Morgan fingerprint density at radius 2 is 1.95 bits per heavy atom. The van der Waals surface area contributed by atoms with E-state index in [0.717, 1.165) is 16.9 Å². The first-order valence-corrected chi connectivity index (χ1v) is 6.48. The Kier molecular flexibility index (Phi) is 3.19. The molecule has 0 aliphatic carbocycles. The highest BCUT2D eigenvalue weighted by Crippen LogP contribution is 2.30. The van der Waals surface area contributed by atoms with Crippen LogP contribution in [-0.4, -0.2) is 14.5 Å². The summed E-state index contributed by atoms with van der Waals surface area (Å²) in [5.41, 5.74) is 3.07. The molecule has 0 spiro atoms. The zero-order valence-electron chi connectivity index (χ0n) is 9.85. The number of aliphatic hydroxyl groups is 1. The molecule has 0 saturated heterocycles. The number of hydrogen-bond acceptors (Lipinski definition) is 2. The van der Waals surface area contributed by atoms with Crippen molar-refractivity contribution < 1.29 is 5.11 Å². The Labute approximate surface area is 120 Å². The molecule has 2 heterocycles. The number of fused-ring (bicyclic) bond motifs is 1. The van der Waals surface area contributed by atoms with Gasteiger partial charge in [-0.05, 0) is 24.3 Å². The van der Waals surface area contributed by atoms with E-state index in [-0.39, 0.29) is 6.61 Å². The Morgan fingerprint density at radius 1 is 1.11 bits per heavy atom. The highest BCUT2D eigenvalue weighted by atomic mass is 35.5. The van der Waals surface area contributed by atoms with Crippen molar-refractivity contribution in [3.8, 4) is 11.3 Å². The smallest absolute Gasteiger partial charge is 0.137 e. The minimum absolute atomic E-state index is 0.0965. The normalized spacial score (nSPS) is 11.1. The number of benzene rings is 1. The van der Waals surface area contributed by atoms with E-state index in [9.17, 15) is 5.11 Å². The van der Waals surface area contributed by atoms with Crippen LogP contribution in [0, 0.1) is 0 Å². The van der Waals surface area contributed by atoms with E-state index in [1.165, 1.54) is 0 Å². The molecule has 0 aliphatic rings. The van der Waals surface area contributed by atoms with Crippen molar-refractivity contribution in [2.75, 3.05) is 0 Å². The quantitative estimate of drug-likeness (QED) is 0.780. The van der Waals surface area contributed by atoms with Crippen LogP contribution in [0.3, 0.4) is 0 Å². The van der Waals surface area contributed by atoms with Gasteiger partial charge in [-0.15, -0.1) is 0 Å². The first-order valence-electron chi connectivity index (χ1n) is 5.73. The maximum absolute atomic E-state index is 9.57. The van der Waals surface area contributed by atoms with E-state index in [4.69, 9.17) is 23.2 Å². The van der Waals surface area contributed by atoms with Gasteiger partial charge in [0.1, 0.15) is 5.65 Å². The maximum atomic E-state index is 9.57. The number of aromatic nitrogens is 2.